The number of hydrogen-bond acceptors (Lipinski definition) is 5. The second-order valence-corrected chi connectivity index (χ2v) is 7.46. The van der Waals surface area contributed by atoms with Crippen molar-refractivity contribution in [2.24, 2.45) is 0 Å². The quantitative estimate of drug-likeness (QED) is 0.386. The molecule has 0 aliphatic carbocycles. The van der Waals surface area contributed by atoms with E-state index in [1.165, 1.54) is 23.9 Å². The molecule has 0 spiro atoms. The topological polar surface area (TPSA) is 53.1 Å². The first-order valence-corrected chi connectivity index (χ1v) is 10.1. The van der Waals surface area contributed by atoms with Gasteiger partial charge < -0.3 is 9.15 Å². The first kappa shape index (κ1) is 19.3. The fraction of sp³-hybridized carbons (Fsp3) is 0.182. The molecule has 0 bridgehead atoms. The zero-order chi connectivity index (χ0) is 20.2. The molecule has 0 atom stereocenters. The summed E-state index contributed by atoms with van der Waals surface area (Å²) >= 11 is 1.49. The number of thioether (sulfide) groups is 1. The number of aryl methyl sites for hydroxylation is 1. The summed E-state index contributed by atoms with van der Waals surface area (Å²) in [5.41, 5.74) is 2.82. The Hall–Kier alpha value is -3.06. The van der Waals surface area contributed by atoms with Crippen molar-refractivity contribution in [2.45, 2.75) is 24.4 Å². The fourth-order valence-electron chi connectivity index (χ4n) is 3.12. The number of aromatic nitrogens is 3. The van der Waals surface area contributed by atoms with Gasteiger partial charge in [0.1, 0.15) is 17.3 Å². The maximum atomic E-state index is 13.7. The van der Waals surface area contributed by atoms with E-state index in [9.17, 15) is 4.39 Å². The van der Waals surface area contributed by atoms with Crippen molar-refractivity contribution in [3.05, 3.63) is 83.6 Å². The molecule has 2 heterocycles. The molecule has 0 N–H and O–H groups in total. The number of rotatable bonds is 7. The summed E-state index contributed by atoms with van der Waals surface area (Å²) in [5.74, 6) is 2.41. The van der Waals surface area contributed by atoms with E-state index >= 15 is 0 Å². The number of furan rings is 1. The van der Waals surface area contributed by atoms with E-state index in [-0.39, 0.29) is 5.82 Å². The van der Waals surface area contributed by atoms with Gasteiger partial charge in [-0.3, -0.25) is 4.57 Å². The Morgan fingerprint density at radius 3 is 2.66 bits per heavy atom. The van der Waals surface area contributed by atoms with Crippen LogP contribution in [-0.2, 0) is 12.3 Å². The summed E-state index contributed by atoms with van der Waals surface area (Å²) in [4.78, 5) is 0. The highest BCUT2D eigenvalue weighted by Gasteiger charge is 2.18. The van der Waals surface area contributed by atoms with Crippen LogP contribution in [0, 0.1) is 12.7 Å². The van der Waals surface area contributed by atoms with Gasteiger partial charge in [0, 0.05) is 11.3 Å². The van der Waals surface area contributed by atoms with Gasteiger partial charge in [-0.05, 0) is 36.8 Å². The third-order valence-electron chi connectivity index (χ3n) is 4.60. The molecule has 4 aromatic rings. The fourth-order valence-corrected chi connectivity index (χ4v) is 4.04. The predicted octanol–water partition coefficient (Wildman–Crippen LogP) is 5.33. The third kappa shape index (κ3) is 4.19. The Labute approximate surface area is 172 Å². The van der Waals surface area contributed by atoms with Crippen LogP contribution >= 0.6 is 11.8 Å². The number of benzene rings is 2. The normalized spacial score (nSPS) is 11.0. The largest absolute Gasteiger partial charge is 0.496 e. The third-order valence-corrected chi connectivity index (χ3v) is 5.61. The minimum absolute atomic E-state index is 0.290. The Morgan fingerprint density at radius 1 is 1.10 bits per heavy atom. The molecular formula is C22H20FN3O2S. The highest BCUT2D eigenvalue weighted by atomic mass is 32.2. The van der Waals surface area contributed by atoms with Gasteiger partial charge in [0.15, 0.2) is 11.0 Å². The molecule has 0 fully saturated rings. The molecule has 29 heavy (non-hydrogen) atoms. The number of methoxy groups -OCH3 is 1. The molecule has 0 unspecified atom stereocenters. The number of hydrogen-bond donors (Lipinski definition) is 0. The molecule has 4 rings (SSSR count). The van der Waals surface area contributed by atoms with E-state index in [1.54, 1.807) is 19.4 Å². The van der Waals surface area contributed by atoms with Crippen LogP contribution in [0.15, 0.2) is 70.4 Å². The minimum Gasteiger partial charge on any atom is -0.496 e. The lowest BCUT2D eigenvalue weighted by Crippen LogP contribution is -2.04. The molecule has 7 heteroatoms. The molecule has 148 valence electrons. The lowest BCUT2D eigenvalue weighted by molar-refractivity contribution is 0.410. The van der Waals surface area contributed by atoms with Gasteiger partial charge in [-0.2, -0.15) is 0 Å². The summed E-state index contributed by atoms with van der Waals surface area (Å²) < 4.78 is 26.6. The Bertz CT molecular complexity index is 1110. The molecular weight excluding hydrogens is 389 g/mol. The molecule has 0 aliphatic heterocycles. The summed E-state index contributed by atoms with van der Waals surface area (Å²) in [6.45, 7) is 2.53. The molecule has 0 radical (unpaired) electrons. The zero-order valence-corrected chi connectivity index (χ0v) is 16.9. The van der Waals surface area contributed by atoms with Crippen molar-refractivity contribution in [3.63, 3.8) is 0 Å². The van der Waals surface area contributed by atoms with Crippen molar-refractivity contribution in [1.29, 1.82) is 0 Å². The van der Waals surface area contributed by atoms with E-state index < -0.39 is 0 Å². The van der Waals surface area contributed by atoms with Gasteiger partial charge in [0.25, 0.3) is 0 Å². The first-order chi connectivity index (χ1) is 14.2. The van der Waals surface area contributed by atoms with E-state index in [1.807, 2.05) is 31.2 Å². The van der Waals surface area contributed by atoms with E-state index in [2.05, 4.69) is 26.9 Å². The van der Waals surface area contributed by atoms with Crippen molar-refractivity contribution in [3.8, 4) is 17.1 Å². The number of nitrogens with zero attached hydrogens (tertiary/aromatic N) is 3. The SMILES string of the molecule is COc1ccc(F)cc1CSc1nnc(-c2ccoc2C)n1Cc1ccccc1. The lowest BCUT2D eigenvalue weighted by atomic mass is 10.2. The Kier molecular flexibility index (Phi) is 5.67. The van der Waals surface area contributed by atoms with Crippen molar-refractivity contribution >= 4 is 11.8 Å². The lowest BCUT2D eigenvalue weighted by Gasteiger charge is -2.11. The Balaban J connectivity index is 1.67. The van der Waals surface area contributed by atoms with Gasteiger partial charge in [-0.15, -0.1) is 10.2 Å². The molecule has 0 amide bonds. The van der Waals surface area contributed by atoms with E-state index in [0.29, 0.717) is 18.0 Å². The maximum Gasteiger partial charge on any atom is 0.192 e. The average Bonchev–Trinajstić information content (AvgIpc) is 3.33. The van der Waals surface area contributed by atoms with Crippen molar-refractivity contribution in [2.75, 3.05) is 7.11 Å². The molecule has 2 aromatic carbocycles. The van der Waals surface area contributed by atoms with E-state index in [4.69, 9.17) is 9.15 Å². The van der Waals surface area contributed by atoms with Crippen LogP contribution in [0.5, 0.6) is 5.75 Å². The van der Waals surface area contributed by atoms with E-state index in [0.717, 1.165) is 33.4 Å². The first-order valence-electron chi connectivity index (χ1n) is 9.12. The average molecular weight is 409 g/mol. The second-order valence-electron chi connectivity index (χ2n) is 6.51. The smallest absolute Gasteiger partial charge is 0.192 e. The van der Waals surface area contributed by atoms with Gasteiger partial charge in [0.2, 0.25) is 0 Å². The van der Waals surface area contributed by atoms with Crippen LogP contribution in [0.3, 0.4) is 0 Å². The minimum atomic E-state index is -0.290. The molecule has 0 saturated heterocycles. The summed E-state index contributed by atoms with van der Waals surface area (Å²) in [6, 6.07) is 16.6. The van der Waals surface area contributed by atoms with Crippen LogP contribution in [0.2, 0.25) is 0 Å². The predicted molar refractivity (Wildman–Crippen MR) is 111 cm³/mol. The molecule has 0 saturated carbocycles. The van der Waals surface area contributed by atoms with Gasteiger partial charge >= 0.3 is 0 Å². The van der Waals surface area contributed by atoms with Gasteiger partial charge in [-0.1, -0.05) is 42.1 Å². The summed E-state index contributed by atoms with van der Waals surface area (Å²) in [6.07, 6.45) is 1.65. The zero-order valence-electron chi connectivity index (χ0n) is 16.1. The van der Waals surface area contributed by atoms with Crippen molar-refractivity contribution < 1.29 is 13.5 Å². The van der Waals surface area contributed by atoms with Gasteiger partial charge in [-0.25, -0.2) is 4.39 Å². The van der Waals surface area contributed by atoms with Crippen LogP contribution in [0.25, 0.3) is 11.4 Å². The highest BCUT2D eigenvalue weighted by Crippen LogP contribution is 2.31. The highest BCUT2D eigenvalue weighted by molar-refractivity contribution is 7.98. The van der Waals surface area contributed by atoms with Crippen molar-refractivity contribution in [1.82, 2.24) is 14.8 Å². The molecule has 2 aromatic heterocycles. The van der Waals surface area contributed by atoms with Crippen LogP contribution < -0.4 is 4.74 Å². The maximum absolute atomic E-state index is 13.7. The Morgan fingerprint density at radius 2 is 1.93 bits per heavy atom. The summed E-state index contributed by atoms with van der Waals surface area (Å²) in [7, 11) is 1.58. The van der Waals surface area contributed by atoms with Gasteiger partial charge in [0.05, 0.1) is 25.5 Å². The monoisotopic (exact) mass is 409 g/mol. The molecule has 0 aliphatic rings. The standard InChI is InChI=1S/C22H20FN3O2S/c1-15-19(10-11-28-15)21-24-25-22(26(21)13-16-6-4-3-5-7-16)29-14-17-12-18(23)8-9-20(17)27-2/h3-12H,13-14H2,1-2H3. The number of halogens is 1. The number of ether oxygens (including phenoxy) is 1. The van der Waals surface area contributed by atoms with Crippen LogP contribution in [0.4, 0.5) is 4.39 Å². The summed E-state index contributed by atoms with van der Waals surface area (Å²) in [5, 5.41) is 9.56. The van der Waals surface area contributed by atoms with Crippen LogP contribution in [-0.4, -0.2) is 21.9 Å². The van der Waals surface area contributed by atoms with Crippen LogP contribution in [0.1, 0.15) is 16.9 Å². The molecule has 5 nitrogen and oxygen atoms in total. The second kappa shape index (κ2) is 8.53.